The van der Waals surface area contributed by atoms with Crippen LogP contribution in [0.15, 0.2) is 0 Å². The third-order valence-electron chi connectivity index (χ3n) is 3.06. The number of thiol groups is 1. The molecule has 0 spiro atoms. The van der Waals surface area contributed by atoms with Gasteiger partial charge in [-0.1, -0.05) is 57.2 Å². The highest BCUT2D eigenvalue weighted by atomic mass is 32.1. The molecule has 0 bridgehead atoms. The summed E-state index contributed by atoms with van der Waals surface area (Å²) in [5.74, 6) is -0.0886. The van der Waals surface area contributed by atoms with Crippen LogP contribution in [0.4, 0.5) is 0 Å². The number of carbonyl (C=O) groups excluding carboxylic acids is 1. The topological polar surface area (TPSA) is 38.3 Å². The number of thiocarbonyl (C=S) groups is 1. The first-order chi connectivity index (χ1) is 9.16. The van der Waals surface area contributed by atoms with E-state index in [-0.39, 0.29) is 5.97 Å². The van der Waals surface area contributed by atoms with Gasteiger partial charge in [0, 0.05) is 13.0 Å². The molecule has 0 aliphatic rings. The van der Waals surface area contributed by atoms with Crippen molar-refractivity contribution in [1.82, 2.24) is 5.32 Å². The molecular formula is C14H27NO2S2. The highest BCUT2D eigenvalue weighted by Gasteiger charge is 1.99. The fourth-order valence-electron chi connectivity index (χ4n) is 1.93. The first-order valence-electron chi connectivity index (χ1n) is 7.20. The molecule has 1 N–H and O–H groups in total. The molecule has 5 heteroatoms. The molecule has 0 radical (unpaired) electrons. The van der Waals surface area contributed by atoms with Crippen molar-refractivity contribution < 1.29 is 9.53 Å². The number of rotatable bonds is 12. The lowest BCUT2D eigenvalue weighted by atomic mass is 10.1. The maximum Gasteiger partial charge on any atom is 0.305 e. The molecule has 0 atom stereocenters. The van der Waals surface area contributed by atoms with E-state index >= 15 is 0 Å². The Bertz CT molecular complexity index is 248. The van der Waals surface area contributed by atoms with Gasteiger partial charge in [-0.25, -0.2) is 0 Å². The van der Waals surface area contributed by atoms with E-state index in [9.17, 15) is 4.79 Å². The van der Waals surface area contributed by atoms with Gasteiger partial charge in [0.2, 0.25) is 0 Å². The van der Waals surface area contributed by atoms with Gasteiger partial charge in [0.25, 0.3) is 0 Å². The van der Waals surface area contributed by atoms with Crippen molar-refractivity contribution in [3.05, 3.63) is 0 Å². The maximum absolute atomic E-state index is 10.9. The summed E-state index contributed by atoms with van der Waals surface area (Å²) in [5, 5.41) is 3.04. The molecule has 19 heavy (non-hydrogen) atoms. The number of hydrogen-bond donors (Lipinski definition) is 2. The third kappa shape index (κ3) is 15.7. The minimum Gasteiger partial charge on any atom is -0.469 e. The van der Waals surface area contributed by atoms with Crippen LogP contribution in [0.1, 0.15) is 64.2 Å². The van der Waals surface area contributed by atoms with Crippen LogP contribution in [0.2, 0.25) is 0 Å². The van der Waals surface area contributed by atoms with E-state index in [1.807, 2.05) is 0 Å². The smallest absolute Gasteiger partial charge is 0.305 e. The van der Waals surface area contributed by atoms with E-state index in [4.69, 9.17) is 12.2 Å². The summed E-state index contributed by atoms with van der Waals surface area (Å²) in [4.78, 5) is 10.9. The lowest BCUT2D eigenvalue weighted by Crippen LogP contribution is -2.17. The first kappa shape index (κ1) is 18.7. The normalized spacial score (nSPS) is 10.2. The lowest BCUT2D eigenvalue weighted by molar-refractivity contribution is -0.140. The van der Waals surface area contributed by atoms with Gasteiger partial charge in [-0.3, -0.25) is 4.79 Å². The van der Waals surface area contributed by atoms with Gasteiger partial charge in [-0.2, -0.15) is 0 Å². The molecule has 112 valence electrons. The van der Waals surface area contributed by atoms with Crippen molar-refractivity contribution in [2.75, 3.05) is 13.7 Å². The quantitative estimate of drug-likeness (QED) is 0.248. The number of hydrogen-bond acceptors (Lipinski definition) is 3. The molecule has 0 aromatic rings. The summed E-state index contributed by atoms with van der Waals surface area (Å²) in [6.07, 6.45) is 11.5. The second-order valence-corrected chi connectivity index (χ2v) is 5.90. The summed E-state index contributed by atoms with van der Waals surface area (Å²) in [6.45, 7) is 0.940. The average Bonchev–Trinajstić information content (AvgIpc) is 2.39. The minimum absolute atomic E-state index is 0.0886. The van der Waals surface area contributed by atoms with Crippen LogP contribution in [0.5, 0.6) is 0 Å². The van der Waals surface area contributed by atoms with Crippen molar-refractivity contribution in [3.8, 4) is 0 Å². The Morgan fingerprint density at radius 3 is 1.95 bits per heavy atom. The zero-order chi connectivity index (χ0) is 14.3. The van der Waals surface area contributed by atoms with Gasteiger partial charge in [-0.05, 0) is 12.8 Å². The van der Waals surface area contributed by atoms with Crippen LogP contribution in [0, 0.1) is 0 Å². The molecule has 3 nitrogen and oxygen atoms in total. The molecular weight excluding hydrogens is 278 g/mol. The zero-order valence-electron chi connectivity index (χ0n) is 12.0. The number of carbonyl (C=O) groups is 1. The van der Waals surface area contributed by atoms with Gasteiger partial charge in [0.15, 0.2) is 0 Å². The molecule has 0 amide bonds. The molecule has 0 fully saturated rings. The molecule has 0 saturated carbocycles. The lowest BCUT2D eigenvalue weighted by Gasteiger charge is -2.04. The Labute approximate surface area is 128 Å². The van der Waals surface area contributed by atoms with E-state index in [0.717, 1.165) is 19.4 Å². The minimum atomic E-state index is -0.0886. The van der Waals surface area contributed by atoms with Crippen molar-refractivity contribution in [2.24, 2.45) is 0 Å². The summed E-state index contributed by atoms with van der Waals surface area (Å²) < 4.78 is 5.19. The van der Waals surface area contributed by atoms with Gasteiger partial charge in [0.1, 0.15) is 4.32 Å². The van der Waals surface area contributed by atoms with E-state index in [1.165, 1.54) is 52.1 Å². The summed E-state index contributed by atoms with van der Waals surface area (Å²) in [6, 6.07) is 0. The van der Waals surface area contributed by atoms with Crippen molar-refractivity contribution in [1.29, 1.82) is 0 Å². The second-order valence-electron chi connectivity index (χ2n) is 4.74. The van der Waals surface area contributed by atoms with Crippen LogP contribution in [0.25, 0.3) is 0 Å². The van der Waals surface area contributed by atoms with Crippen molar-refractivity contribution in [2.45, 2.75) is 64.2 Å². The molecule has 0 saturated heterocycles. The number of unbranched alkanes of at least 4 members (excludes halogenated alkanes) is 8. The Morgan fingerprint density at radius 1 is 1.00 bits per heavy atom. The fraction of sp³-hybridized carbons (Fsp3) is 0.857. The van der Waals surface area contributed by atoms with Gasteiger partial charge in [-0.15, -0.1) is 12.6 Å². The zero-order valence-corrected chi connectivity index (χ0v) is 13.7. The SMILES string of the molecule is COC(=O)CCCCCCCCCCCNC(=S)S. The Hall–Kier alpha value is -0.290. The number of ether oxygens (including phenoxy) is 1. The number of esters is 1. The van der Waals surface area contributed by atoms with Crippen LogP contribution < -0.4 is 5.32 Å². The molecule has 0 aromatic carbocycles. The summed E-state index contributed by atoms with van der Waals surface area (Å²) in [5.41, 5.74) is 0. The fourth-order valence-corrected chi connectivity index (χ4v) is 2.14. The summed E-state index contributed by atoms with van der Waals surface area (Å²) >= 11 is 8.82. The number of methoxy groups -OCH3 is 1. The third-order valence-corrected chi connectivity index (χ3v) is 3.36. The Kier molecular flexibility index (Phi) is 13.9. The van der Waals surface area contributed by atoms with Crippen LogP contribution in [-0.2, 0) is 9.53 Å². The monoisotopic (exact) mass is 305 g/mol. The average molecular weight is 306 g/mol. The standard InChI is InChI=1S/C14H27NO2S2/c1-17-13(16)11-9-7-5-3-2-4-6-8-10-12-15-14(18)19/h2-12H2,1H3,(H2,15,18,19). The molecule has 0 aliphatic heterocycles. The van der Waals surface area contributed by atoms with Crippen LogP contribution in [-0.4, -0.2) is 23.9 Å². The van der Waals surface area contributed by atoms with E-state index in [0.29, 0.717) is 10.7 Å². The van der Waals surface area contributed by atoms with Crippen LogP contribution in [0.3, 0.4) is 0 Å². The van der Waals surface area contributed by atoms with E-state index < -0.39 is 0 Å². The highest BCUT2D eigenvalue weighted by molar-refractivity contribution is 8.11. The second kappa shape index (κ2) is 14.1. The molecule has 0 aliphatic carbocycles. The largest absolute Gasteiger partial charge is 0.469 e. The first-order valence-corrected chi connectivity index (χ1v) is 8.06. The Morgan fingerprint density at radius 2 is 1.47 bits per heavy atom. The predicted octanol–water partition coefficient (Wildman–Crippen LogP) is 3.86. The van der Waals surface area contributed by atoms with Crippen molar-refractivity contribution >= 4 is 35.1 Å². The molecule has 0 heterocycles. The summed E-state index contributed by atoms with van der Waals surface area (Å²) in [7, 11) is 1.45. The molecule has 0 aromatic heterocycles. The van der Waals surface area contributed by atoms with Crippen molar-refractivity contribution in [3.63, 3.8) is 0 Å². The van der Waals surface area contributed by atoms with Crippen LogP contribution >= 0.6 is 24.8 Å². The highest BCUT2D eigenvalue weighted by Crippen LogP contribution is 2.10. The van der Waals surface area contributed by atoms with E-state index in [2.05, 4.69) is 22.7 Å². The van der Waals surface area contributed by atoms with E-state index in [1.54, 1.807) is 0 Å². The molecule has 0 rings (SSSR count). The number of nitrogens with one attached hydrogen (secondary N) is 1. The van der Waals surface area contributed by atoms with Gasteiger partial charge >= 0.3 is 5.97 Å². The van der Waals surface area contributed by atoms with Gasteiger partial charge < -0.3 is 10.1 Å². The maximum atomic E-state index is 10.9. The predicted molar refractivity (Wildman–Crippen MR) is 87.8 cm³/mol. The Balaban J connectivity index is 3.03. The molecule has 0 unspecified atom stereocenters. The van der Waals surface area contributed by atoms with Gasteiger partial charge in [0.05, 0.1) is 7.11 Å².